The van der Waals surface area contributed by atoms with Gasteiger partial charge in [0.05, 0.1) is 0 Å². The maximum atomic E-state index is 12.8. The van der Waals surface area contributed by atoms with Gasteiger partial charge in [-0.05, 0) is 29.8 Å². The maximum Gasteiger partial charge on any atom is 0.246 e. The van der Waals surface area contributed by atoms with Crippen LogP contribution in [-0.2, 0) is 16.6 Å². The minimum atomic E-state index is -3.73. The van der Waals surface area contributed by atoms with E-state index in [1.54, 1.807) is 0 Å². The second-order valence-corrected chi connectivity index (χ2v) is 6.29. The molecule has 106 valence electrons. The van der Waals surface area contributed by atoms with Crippen LogP contribution in [0.2, 0.25) is 0 Å². The lowest BCUT2D eigenvalue weighted by molar-refractivity contribution is 0.466. The smallest absolute Gasteiger partial charge is 0.246 e. The lowest BCUT2D eigenvalue weighted by atomic mass is 10.2. The average Bonchev–Trinajstić information content (AvgIpc) is 2.41. The molecule has 0 aliphatic carbocycles. The van der Waals surface area contributed by atoms with Crippen molar-refractivity contribution in [2.24, 2.45) is 0 Å². The summed E-state index contributed by atoms with van der Waals surface area (Å²) < 4.78 is 38.7. The first kappa shape index (κ1) is 14.4. The van der Waals surface area contributed by atoms with Gasteiger partial charge >= 0.3 is 0 Å². The minimum absolute atomic E-state index is 0.0374. The van der Waals surface area contributed by atoms with Crippen LogP contribution in [0.4, 0.5) is 10.2 Å². The summed E-state index contributed by atoms with van der Waals surface area (Å²) in [4.78, 5) is 3.73. The monoisotopic (exact) mass is 295 g/mol. The van der Waals surface area contributed by atoms with Gasteiger partial charge in [-0.25, -0.2) is 17.8 Å². The van der Waals surface area contributed by atoms with Crippen molar-refractivity contribution >= 4 is 15.8 Å². The van der Waals surface area contributed by atoms with Gasteiger partial charge < -0.3 is 5.73 Å². The zero-order chi connectivity index (χ0) is 14.8. The number of benzene rings is 1. The Bertz CT molecular complexity index is 702. The van der Waals surface area contributed by atoms with Gasteiger partial charge in [0.25, 0.3) is 0 Å². The molecule has 0 bridgehead atoms. The van der Waals surface area contributed by atoms with Gasteiger partial charge in [0, 0.05) is 19.8 Å². The summed E-state index contributed by atoms with van der Waals surface area (Å²) in [6.45, 7) is 0.122. The standard InChI is InChI=1S/C13H14FN3O2S/c1-17(9-10-4-6-11(14)7-5-10)20(18,19)12-3-2-8-16-13(12)15/h2-8H,9H2,1H3,(H2,15,16). The molecule has 5 nitrogen and oxygen atoms in total. The van der Waals surface area contributed by atoms with Crippen molar-refractivity contribution in [1.29, 1.82) is 0 Å². The molecule has 0 amide bonds. The van der Waals surface area contributed by atoms with Gasteiger partial charge in [0.15, 0.2) is 0 Å². The summed E-state index contributed by atoms with van der Waals surface area (Å²) in [5.41, 5.74) is 6.27. The fraction of sp³-hybridized carbons (Fsp3) is 0.154. The molecule has 1 aromatic carbocycles. The molecule has 0 radical (unpaired) electrons. The number of nitrogens with two attached hydrogens (primary N) is 1. The first-order valence-electron chi connectivity index (χ1n) is 5.82. The summed E-state index contributed by atoms with van der Waals surface area (Å²) in [5, 5.41) is 0. The molecule has 7 heteroatoms. The minimum Gasteiger partial charge on any atom is -0.383 e. The highest BCUT2D eigenvalue weighted by molar-refractivity contribution is 7.89. The number of hydrogen-bond donors (Lipinski definition) is 1. The lowest BCUT2D eigenvalue weighted by Crippen LogP contribution is -2.27. The topological polar surface area (TPSA) is 76.3 Å². The molecule has 2 aromatic rings. The number of aromatic nitrogens is 1. The van der Waals surface area contributed by atoms with E-state index < -0.39 is 10.0 Å². The number of nitrogen functional groups attached to an aromatic ring is 1. The Labute approximate surface area is 116 Å². The summed E-state index contributed by atoms with van der Waals surface area (Å²) in [6.07, 6.45) is 1.42. The van der Waals surface area contributed by atoms with Crippen LogP contribution in [0.25, 0.3) is 0 Å². The summed E-state index contributed by atoms with van der Waals surface area (Å²) in [5.74, 6) is -0.408. The van der Waals surface area contributed by atoms with E-state index in [4.69, 9.17) is 5.73 Å². The molecule has 1 aromatic heterocycles. The molecule has 0 aliphatic rings. The fourth-order valence-electron chi connectivity index (χ4n) is 1.72. The van der Waals surface area contributed by atoms with E-state index in [-0.39, 0.29) is 23.1 Å². The van der Waals surface area contributed by atoms with Crippen LogP contribution in [0.15, 0.2) is 47.5 Å². The largest absolute Gasteiger partial charge is 0.383 e. The highest BCUT2D eigenvalue weighted by atomic mass is 32.2. The Morgan fingerprint density at radius 2 is 1.90 bits per heavy atom. The quantitative estimate of drug-likeness (QED) is 0.930. The van der Waals surface area contributed by atoms with Gasteiger partial charge in [-0.3, -0.25) is 0 Å². The number of rotatable bonds is 4. The SMILES string of the molecule is CN(Cc1ccc(F)cc1)S(=O)(=O)c1cccnc1N. The molecule has 1 heterocycles. The zero-order valence-electron chi connectivity index (χ0n) is 10.8. The maximum absolute atomic E-state index is 12.8. The summed E-state index contributed by atoms with van der Waals surface area (Å²) in [7, 11) is -2.29. The van der Waals surface area contributed by atoms with E-state index in [9.17, 15) is 12.8 Å². The Hall–Kier alpha value is -1.99. The zero-order valence-corrected chi connectivity index (χ0v) is 11.6. The van der Waals surface area contributed by atoms with E-state index in [1.807, 2.05) is 0 Å². The molecule has 2 N–H and O–H groups in total. The summed E-state index contributed by atoms with van der Waals surface area (Å²) in [6, 6.07) is 8.55. The molecular formula is C13H14FN3O2S. The van der Waals surface area contributed by atoms with E-state index in [1.165, 1.54) is 49.6 Å². The van der Waals surface area contributed by atoms with Gasteiger partial charge in [-0.2, -0.15) is 4.31 Å². The van der Waals surface area contributed by atoms with Crippen molar-refractivity contribution in [3.63, 3.8) is 0 Å². The Morgan fingerprint density at radius 3 is 2.50 bits per heavy atom. The van der Waals surface area contributed by atoms with E-state index in [0.717, 1.165) is 4.31 Å². The number of anilines is 1. The second kappa shape index (κ2) is 5.56. The van der Waals surface area contributed by atoms with Crippen LogP contribution in [-0.4, -0.2) is 24.8 Å². The molecule has 0 fully saturated rings. The van der Waals surface area contributed by atoms with E-state index >= 15 is 0 Å². The highest BCUT2D eigenvalue weighted by Gasteiger charge is 2.23. The van der Waals surface area contributed by atoms with Crippen LogP contribution in [0.1, 0.15) is 5.56 Å². The van der Waals surface area contributed by atoms with Crippen LogP contribution < -0.4 is 5.73 Å². The van der Waals surface area contributed by atoms with Gasteiger partial charge in [0.2, 0.25) is 10.0 Å². The van der Waals surface area contributed by atoms with Crippen molar-refractivity contribution in [3.05, 3.63) is 54.0 Å². The number of halogens is 1. The molecule has 0 saturated heterocycles. The Balaban J connectivity index is 2.26. The normalized spacial score (nSPS) is 11.8. The van der Waals surface area contributed by atoms with Crippen molar-refractivity contribution in [2.75, 3.05) is 12.8 Å². The molecule has 2 rings (SSSR count). The predicted molar refractivity (Wildman–Crippen MR) is 73.7 cm³/mol. The second-order valence-electron chi connectivity index (χ2n) is 4.27. The highest BCUT2D eigenvalue weighted by Crippen LogP contribution is 2.20. The lowest BCUT2D eigenvalue weighted by Gasteiger charge is -2.17. The molecule has 0 saturated carbocycles. The van der Waals surface area contributed by atoms with Crippen LogP contribution in [0.5, 0.6) is 0 Å². The van der Waals surface area contributed by atoms with Crippen molar-refractivity contribution in [3.8, 4) is 0 Å². The third-order valence-electron chi connectivity index (χ3n) is 2.81. The van der Waals surface area contributed by atoms with Gasteiger partial charge in [-0.1, -0.05) is 12.1 Å². The Kier molecular flexibility index (Phi) is 4.01. The summed E-state index contributed by atoms with van der Waals surface area (Å²) >= 11 is 0. The molecule has 0 atom stereocenters. The number of pyridine rings is 1. The molecule has 20 heavy (non-hydrogen) atoms. The first-order chi connectivity index (χ1) is 9.41. The average molecular weight is 295 g/mol. The molecular weight excluding hydrogens is 281 g/mol. The third kappa shape index (κ3) is 2.94. The number of hydrogen-bond acceptors (Lipinski definition) is 4. The van der Waals surface area contributed by atoms with Crippen LogP contribution in [0, 0.1) is 5.82 Å². The molecule has 0 spiro atoms. The number of sulfonamides is 1. The van der Waals surface area contributed by atoms with E-state index in [0.29, 0.717) is 5.56 Å². The third-order valence-corrected chi connectivity index (χ3v) is 4.66. The molecule has 0 aliphatic heterocycles. The van der Waals surface area contributed by atoms with E-state index in [2.05, 4.69) is 4.98 Å². The number of nitrogens with zero attached hydrogens (tertiary/aromatic N) is 2. The van der Waals surface area contributed by atoms with Crippen molar-refractivity contribution in [1.82, 2.24) is 9.29 Å². The predicted octanol–water partition coefficient (Wildman–Crippen LogP) is 1.62. The van der Waals surface area contributed by atoms with Gasteiger partial charge in [0.1, 0.15) is 16.5 Å². The first-order valence-corrected chi connectivity index (χ1v) is 7.26. The van der Waals surface area contributed by atoms with Gasteiger partial charge in [-0.15, -0.1) is 0 Å². The Morgan fingerprint density at radius 1 is 1.25 bits per heavy atom. The van der Waals surface area contributed by atoms with Crippen LogP contribution >= 0.6 is 0 Å². The van der Waals surface area contributed by atoms with Crippen molar-refractivity contribution < 1.29 is 12.8 Å². The molecule has 0 unspecified atom stereocenters. The van der Waals surface area contributed by atoms with Crippen LogP contribution in [0.3, 0.4) is 0 Å². The van der Waals surface area contributed by atoms with Crippen molar-refractivity contribution in [2.45, 2.75) is 11.4 Å². The fourth-order valence-corrected chi connectivity index (χ4v) is 2.94.